The van der Waals surface area contributed by atoms with E-state index in [-0.39, 0.29) is 5.54 Å². The summed E-state index contributed by atoms with van der Waals surface area (Å²) in [7, 11) is 0. The largest absolute Gasteiger partial charge is 0.312 e. The summed E-state index contributed by atoms with van der Waals surface area (Å²) in [5, 5.41) is 3.58. The van der Waals surface area contributed by atoms with E-state index in [0.29, 0.717) is 0 Å². The van der Waals surface area contributed by atoms with E-state index in [1.165, 1.54) is 77.4 Å². The number of unbranched alkanes of at least 4 members (excludes halogenated alkanes) is 3. The van der Waals surface area contributed by atoms with Gasteiger partial charge in [-0.15, -0.1) is 0 Å². The highest BCUT2D eigenvalue weighted by molar-refractivity contribution is 4.76. The molecule has 1 unspecified atom stereocenters. The number of nitrogens with one attached hydrogen (secondary N) is 1. The Labute approximate surface area is 127 Å². The van der Waals surface area contributed by atoms with Crippen molar-refractivity contribution in [3.8, 4) is 0 Å². The fourth-order valence-electron chi connectivity index (χ4n) is 3.27. The van der Waals surface area contributed by atoms with Crippen molar-refractivity contribution >= 4 is 0 Å². The fraction of sp³-hybridized carbons (Fsp3) is 1.00. The van der Waals surface area contributed by atoms with Gasteiger partial charge in [-0.25, -0.2) is 0 Å². The molecule has 1 aliphatic rings. The van der Waals surface area contributed by atoms with Crippen LogP contribution in [0.25, 0.3) is 0 Å². The van der Waals surface area contributed by atoms with Gasteiger partial charge in [-0.2, -0.15) is 0 Å². The third-order valence-electron chi connectivity index (χ3n) is 4.40. The molecule has 0 aromatic carbocycles. The molecule has 0 saturated carbocycles. The highest BCUT2D eigenvalue weighted by Gasteiger charge is 2.20. The Morgan fingerprint density at radius 3 is 2.50 bits per heavy atom. The Hall–Kier alpha value is -0.0800. The first-order chi connectivity index (χ1) is 9.53. The first kappa shape index (κ1) is 18.0. The molecule has 1 fully saturated rings. The molecule has 0 aromatic heterocycles. The zero-order valence-electron chi connectivity index (χ0n) is 14.5. The Kier molecular flexibility index (Phi) is 8.79. The topological polar surface area (TPSA) is 15.3 Å². The van der Waals surface area contributed by atoms with Crippen molar-refractivity contribution in [2.24, 2.45) is 0 Å². The Morgan fingerprint density at radius 1 is 1.05 bits per heavy atom. The average molecular weight is 283 g/mol. The van der Waals surface area contributed by atoms with Crippen LogP contribution in [0.2, 0.25) is 0 Å². The SMILES string of the molecule is CCCC1CCCCN1CCCCCCNC(C)(C)C. The standard InChI is InChI=1S/C18H38N2/c1-5-12-17-13-8-11-16-20(17)15-10-7-6-9-14-19-18(2,3)4/h17,19H,5-16H2,1-4H3. The lowest BCUT2D eigenvalue weighted by Crippen LogP contribution is -2.39. The summed E-state index contributed by atoms with van der Waals surface area (Å²) >= 11 is 0. The van der Waals surface area contributed by atoms with Crippen molar-refractivity contribution in [2.75, 3.05) is 19.6 Å². The number of rotatable bonds is 9. The fourth-order valence-corrected chi connectivity index (χ4v) is 3.27. The second-order valence-electron chi connectivity index (χ2n) is 7.57. The number of piperidine rings is 1. The zero-order chi connectivity index (χ0) is 14.8. The molecule has 1 rings (SSSR count). The van der Waals surface area contributed by atoms with E-state index in [1.807, 2.05) is 0 Å². The van der Waals surface area contributed by atoms with E-state index < -0.39 is 0 Å². The van der Waals surface area contributed by atoms with Gasteiger partial charge < -0.3 is 10.2 Å². The molecule has 0 bridgehead atoms. The van der Waals surface area contributed by atoms with Gasteiger partial charge in [0.25, 0.3) is 0 Å². The van der Waals surface area contributed by atoms with Gasteiger partial charge in [0.2, 0.25) is 0 Å². The lowest BCUT2D eigenvalue weighted by molar-refractivity contribution is 0.136. The summed E-state index contributed by atoms with van der Waals surface area (Å²) in [5.41, 5.74) is 0.279. The molecule has 0 radical (unpaired) electrons. The molecule has 2 heteroatoms. The minimum absolute atomic E-state index is 0.279. The van der Waals surface area contributed by atoms with E-state index >= 15 is 0 Å². The van der Waals surface area contributed by atoms with E-state index in [2.05, 4.69) is 37.9 Å². The molecule has 1 atom stereocenters. The molecule has 0 aliphatic carbocycles. The molecule has 1 heterocycles. The van der Waals surface area contributed by atoms with Gasteiger partial charge in [0, 0.05) is 11.6 Å². The van der Waals surface area contributed by atoms with Gasteiger partial charge in [0.15, 0.2) is 0 Å². The minimum atomic E-state index is 0.279. The smallest absolute Gasteiger partial charge is 0.00965 e. The third kappa shape index (κ3) is 8.26. The second-order valence-corrected chi connectivity index (χ2v) is 7.57. The molecule has 0 amide bonds. The minimum Gasteiger partial charge on any atom is -0.312 e. The predicted molar refractivity (Wildman–Crippen MR) is 90.3 cm³/mol. The van der Waals surface area contributed by atoms with Gasteiger partial charge in [-0.05, 0) is 72.5 Å². The van der Waals surface area contributed by atoms with Crippen molar-refractivity contribution < 1.29 is 0 Å². The highest BCUT2D eigenvalue weighted by atomic mass is 15.2. The molecule has 20 heavy (non-hydrogen) atoms. The molecule has 1 saturated heterocycles. The second kappa shape index (κ2) is 9.78. The number of likely N-dealkylation sites (tertiary alicyclic amines) is 1. The Balaban J connectivity index is 2.02. The van der Waals surface area contributed by atoms with Gasteiger partial charge in [0.1, 0.15) is 0 Å². The predicted octanol–water partition coefficient (Wildman–Crippen LogP) is 4.59. The van der Waals surface area contributed by atoms with Crippen LogP contribution in [0.15, 0.2) is 0 Å². The third-order valence-corrected chi connectivity index (χ3v) is 4.40. The van der Waals surface area contributed by atoms with Crippen LogP contribution in [-0.2, 0) is 0 Å². The van der Waals surface area contributed by atoms with Crippen molar-refractivity contribution in [1.82, 2.24) is 10.2 Å². The number of nitrogens with zero attached hydrogens (tertiary/aromatic N) is 1. The summed E-state index contributed by atoms with van der Waals surface area (Å²) in [5.74, 6) is 0. The summed E-state index contributed by atoms with van der Waals surface area (Å²) in [4.78, 5) is 2.78. The van der Waals surface area contributed by atoms with Crippen LogP contribution in [-0.4, -0.2) is 36.1 Å². The van der Waals surface area contributed by atoms with Crippen LogP contribution in [0.3, 0.4) is 0 Å². The van der Waals surface area contributed by atoms with Crippen LogP contribution in [0.5, 0.6) is 0 Å². The van der Waals surface area contributed by atoms with Crippen LogP contribution in [0.4, 0.5) is 0 Å². The normalized spacial score (nSPS) is 21.3. The molecule has 0 spiro atoms. The lowest BCUT2D eigenvalue weighted by Gasteiger charge is -2.35. The summed E-state index contributed by atoms with van der Waals surface area (Å²) < 4.78 is 0. The number of hydrogen-bond donors (Lipinski definition) is 1. The van der Waals surface area contributed by atoms with Crippen LogP contribution in [0.1, 0.15) is 85.5 Å². The van der Waals surface area contributed by atoms with E-state index in [4.69, 9.17) is 0 Å². The maximum absolute atomic E-state index is 3.58. The molecule has 1 aliphatic heterocycles. The Bertz CT molecular complexity index is 230. The molecular weight excluding hydrogens is 244 g/mol. The van der Waals surface area contributed by atoms with Crippen molar-refractivity contribution in [2.45, 2.75) is 97.1 Å². The summed E-state index contributed by atoms with van der Waals surface area (Å²) in [6.45, 7) is 12.9. The molecule has 2 nitrogen and oxygen atoms in total. The van der Waals surface area contributed by atoms with E-state index in [1.54, 1.807) is 0 Å². The average Bonchev–Trinajstić information content (AvgIpc) is 2.38. The maximum Gasteiger partial charge on any atom is 0.00965 e. The van der Waals surface area contributed by atoms with Crippen LogP contribution >= 0.6 is 0 Å². The van der Waals surface area contributed by atoms with Gasteiger partial charge in [-0.3, -0.25) is 0 Å². The molecule has 1 N–H and O–H groups in total. The maximum atomic E-state index is 3.58. The quantitative estimate of drug-likeness (QED) is 0.622. The van der Waals surface area contributed by atoms with Crippen molar-refractivity contribution in [3.05, 3.63) is 0 Å². The van der Waals surface area contributed by atoms with E-state index in [0.717, 1.165) is 6.04 Å². The van der Waals surface area contributed by atoms with E-state index in [9.17, 15) is 0 Å². The summed E-state index contributed by atoms with van der Waals surface area (Å²) in [6.07, 6.45) is 12.6. The first-order valence-electron chi connectivity index (χ1n) is 9.02. The Morgan fingerprint density at radius 2 is 1.80 bits per heavy atom. The van der Waals surface area contributed by atoms with Gasteiger partial charge in [0.05, 0.1) is 0 Å². The lowest BCUT2D eigenvalue weighted by atomic mass is 9.98. The molecule has 120 valence electrons. The zero-order valence-corrected chi connectivity index (χ0v) is 14.5. The van der Waals surface area contributed by atoms with Gasteiger partial charge >= 0.3 is 0 Å². The molecule has 0 aromatic rings. The highest BCUT2D eigenvalue weighted by Crippen LogP contribution is 2.21. The van der Waals surface area contributed by atoms with Crippen LogP contribution in [0, 0.1) is 0 Å². The first-order valence-corrected chi connectivity index (χ1v) is 9.02. The number of hydrogen-bond acceptors (Lipinski definition) is 2. The summed E-state index contributed by atoms with van der Waals surface area (Å²) in [6, 6.07) is 0.899. The monoisotopic (exact) mass is 282 g/mol. The van der Waals surface area contributed by atoms with Gasteiger partial charge in [-0.1, -0.05) is 32.6 Å². The van der Waals surface area contributed by atoms with Crippen molar-refractivity contribution in [1.29, 1.82) is 0 Å². The van der Waals surface area contributed by atoms with Crippen LogP contribution < -0.4 is 5.32 Å². The van der Waals surface area contributed by atoms with Crippen molar-refractivity contribution in [3.63, 3.8) is 0 Å². The molecular formula is C18H38N2.